The van der Waals surface area contributed by atoms with E-state index in [9.17, 15) is 10.1 Å². The zero-order valence-electron chi connectivity index (χ0n) is 15.2. The minimum absolute atomic E-state index is 0.0372. The lowest BCUT2D eigenvalue weighted by molar-refractivity contribution is -0.384. The summed E-state index contributed by atoms with van der Waals surface area (Å²) in [5, 5.41) is 12.9. The molecule has 0 aliphatic heterocycles. The second-order valence-corrected chi connectivity index (χ2v) is 4.70. The Morgan fingerprint density at radius 2 is 1.77 bits per heavy atom. The van der Waals surface area contributed by atoms with Crippen molar-refractivity contribution in [1.29, 1.82) is 0 Å². The van der Waals surface area contributed by atoms with E-state index in [4.69, 9.17) is 5.48 Å². The number of hydrogen-bond donors (Lipinski definition) is 0. The average Bonchev–Trinajstić information content (AvgIpc) is 2.95. The van der Waals surface area contributed by atoms with E-state index in [1.807, 2.05) is 12.1 Å². The Bertz CT molecular complexity index is 1140. The van der Waals surface area contributed by atoms with Crippen molar-refractivity contribution in [2.75, 3.05) is 0 Å². The van der Waals surface area contributed by atoms with E-state index in [0.717, 1.165) is 10.8 Å². The first-order chi connectivity index (χ1) is 12.4. The molecule has 0 atom stereocenters. The van der Waals surface area contributed by atoms with Gasteiger partial charge in [0, 0.05) is 34.7 Å². The van der Waals surface area contributed by atoms with Crippen LogP contribution in [-0.4, -0.2) is 14.5 Å². The smallest absolute Gasteiger partial charge is 0.269 e. The number of para-hydroxylation sites is 1. The molecular formula is C17H11N3O2. The van der Waals surface area contributed by atoms with E-state index < -0.39 is 34.8 Å². The summed E-state index contributed by atoms with van der Waals surface area (Å²) in [6, 6.07) is 6.84. The molecule has 0 bridgehead atoms. The molecule has 106 valence electrons. The first-order valence-electron chi connectivity index (χ1n) is 8.51. The molecule has 0 aliphatic carbocycles. The number of nitrogens with zero attached hydrogens (tertiary/aromatic N) is 3. The summed E-state index contributed by atoms with van der Waals surface area (Å²) in [6.07, 6.45) is 3.20. The molecule has 0 radical (unpaired) electrons. The first kappa shape index (κ1) is 8.94. The highest BCUT2D eigenvalue weighted by Crippen LogP contribution is 2.31. The highest BCUT2D eigenvalue weighted by atomic mass is 16.6. The van der Waals surface area contributed by atoms with Crippen LogP contribution in [0.3, 0.4) is 0 Å². The monoisotopic (exact) mass is 293 g/mol. The summed E-state index contributed by atoms with van der Waals surface area (Å²) in [4.78, 5) is 14.4. The summed E-state index contributed by atoms with van der Waals surface area (Å²) in [7, 11) is 0. The predicted molar refractivity (Wildman–Crippen MR) is 85.2 cm³/mol. The van der Waals surface area contributed by atoms with Crippen molar-refractivity contribution in [3.05, 3.63) is 77.0 Å². The number of pyridine rings is 1. The van der Waals surface area contributed by atoms with Crippen molar-refractivity contribution in [3.63, 3.8) is 0 Å². The second-order valence-electron chi connectivity index (χ2n) is 4.70. The fraction of sp³-hybridized carbons (Fsp3) is 0. The van der Waals surface area contributed by atoms with Gasteiger partial charge in [-0.25, -0.2) is 0 Å². The molecule has 0 fully saturated rings. The molecule has 0 unspecified atom stereocenters. The van der Waals surface area contributed by atoms with Crippen LogP contribution in [0.4, 0.5) is 5.69 Å². The fourth-order valence-electron chi connectivity index (χ4n) is 2.56. The molecule has 5 nitrogen and oxygen atoms in total. The molecule has 2 aromatic heterocycles. The van der Waals surface area contributed by atoms with Gasteiger partial charge in [-0.2, -0.15) is 0 Å². The number of aromatic nitrogens is 2. The third kappa shape index (κ3) is 1.76. The molecule has 2 aromatic carbocycles. The van der Waals surface area contributed by atoms with Crippen molar-refractivity contribution in [1.82, 2.24) is 9.55 Å². The molecule has 0 saturated heterocycles. The lowest BCUT2D eigenvalue weighted by Crippen LogP contribution is -1.95. The fourth-order valence-corrected chi connectivity index (χ4v) is 2.56. The van der Waals surface area contributed by atoms with E-state index in [0.29, 0.717) is 11.0 Å². The van der Waals surface area contributed by atoms with Crippen molar-refractivity contribution >= 4 is 27.5 Å². The first-order valence-corrected chi connectivity index (χ1v) is 6.51. The standard InChI is InChI=1S/C17H11N3O2/c21-20(22)13-7-5-12(6-8-13)19-16-4-2-1-3-14(16)15-9-10-18-11-17(15)19/h1-11H/i5D,6D,7D,8D. The van der Waals surface area contributed by atoms with Crippen molar-refractivity contribution in [2.45, 2.75) is 0 Å². The van der Waals surface area contributed by atoms with E-state index >= 15 is 0 Å². The maximum absolute atomic E-state index is 11.2. The Kier molecular flexibility index (Phi) is 1.90. The Balaban J connectivity index is 2.23. The van der Waals surface area contributed by atoms with Gasteiger partial charge in [-0.05, 0) is 24.2 Å². The Hall–Kier alpha value is -3.21. The third-order valence-electron chi connectivity index (χ3n) is 3.48. The summed E-state index contributed by atoms with van der Waals surface area (Å²) in [6.45, 7) is 0. The van der Waals surface area contributed by atoms with Gasteiger partial charge in [0.15, 0.2) is 0 Å². The number of hydrogen-bond acceptors (Lipinski definition) is 3. The highest BCUT2D eigenvalue weighted by molar-refractivity contribution is 6.08. The summed E-state index contributed by atoms with van der Waals surface area (Å²) in [5.74, 6) is 0. The van der Waals surface area contributed by atoms with Gasteiger partial charge >= 0.3 is 0 Å². The normalized spacial score (nSPS) is 13.6. The molecule has 22 heavy (non-hydrogen) atoms. The molecule has 0 saturated carbocycles. The molecule has 0 spiro atoms. The maximum atomic E-state index is 11.2. The van der Waals surface area contributed by atoms with Gasteiger partial charge in [0.25, 0.3) is 5.69 Å². The van der Waals surface area contributed by atoms with Gasteiger partial charge in [-0.3, -0.25) is 15.1 Å². The van der Waals surface area contributed by atoms with Crippen LogP contribution in [0.1, 0.15) is 5.48 Å². The summed E-state index contributed by atoms with van der Waals surface area (Å²) >= 11 is 0. The zero-order valence-corrected chi connectivity index (χ0v) is 11.2. The Morgan fingerprint density at radius 3 is 2.55 bits per heavy atom. The number of rotatable bonds is 2. The van der Waals surface area contributed by atoms with Crippen molar-refractivity contribution in [2.24, 2.45) is 0 Å². The highest BCUT2D eigenvalue weighted by Gasteiger charge is 2.12. The van der Waals surface area contributed by atoms with Crippen LogP contribution in [0.5, 0.6) is 0 Å². The van der Waals surface area contributed by atoms with Gasteiger partial charge in [0.2, 0.25) is 0 Å². The molecule has 5 heteroatoms. The molecule has 2 heterocycles. The largest absolute Gasteiger partial charge is 0.308 e. The van der Waals surface area contributed by atoms with Crippen LogP contribution in [0.15, 0.2) is 66.9 Å². The van der Waals surface area contributed by atoms with Crippen molar-refractivity contribution in [3.8, 4) is 5.69 Å². The van der Waals surface area contributed by atoms with Crippen LogP contribution < -0.4 is 0 Å². The Morgan fingerprint density at radius 1 is 1.05 bits per heavy atom. The topological polar surface area (TPSA) is 61.0 Å². The summed E-state index contributed by atoms with van der Waals surface area (Å²) < 4.78 is 34.0. The number of nitro benzene ring substituents is 1. The predicted octanol–water partition coefficient (Wildman–Crippen LogP) is 4.09. The van der Waals surface area contributed by atoms with Gasteiger partial charge < -0.3 is 4.57 Å². The SMILES string of the molecule is [2H]c1c([2H])c([N+](=O)[O-])c([2H])c([2H])c1-n1c2ccccc2c2ccncc21. The van der Waals surface area contributed by atoms with E-state index in [-0.39, 0.29) is 5.69 Å². The maximum Gasteiger partial charge on any atom is 0.269 e. The zero-order chi connectivity index (χ0) is 18.6. The minimum Gasteiger partial charge on any atom is -0.308 e. The van der Waals surface area contributed by atoms with E-state index in [1.165, 1.54) is 0 Å². The lowest BCUT2D eigenvalue weighted by Gasteiger charge is -2.06. The van der Waals surface area contributed by atoms with Crippen molar-refractivity contribution < 1.29 is 10.4 Å². The lowest BCUT2D eigenvalue weighted by atomic mass is 10.2. The number of nitro groups is 1. The quantitative estimate of drug-likeness (QED) is 0.413. The van der Waals surface area contributed by atoms with Crippen LogP contribution in [0.2, 0.25) is 0 Å². The van der Waals surface area contributed by atoms with Crippen LogP contribution in [0, 0.1) is 10.1 Å². The molecule has 4 rings (SSSR count). The second kappa shape index (κ2) is 4.66. The molecule has 4 aromatic rings. The third-order valence-corrected chi connectivity index (χ3v) is 3.48. The number of fused-ring (bicyclic) bond motifs is 3. The minimum atomic E-state index is -0.891. The van der Waals surface area contributed by atoms with Crippen LogP contribution in [-0.2, 0) is 0 Å². The number of benzene rings is 2. The van der Waals surface area contributed by atoms with Gasteiger partial charge in [0.05, 0.1) is 27.6 Å². The molecular weight excluding hydrogens is 278 g/mol. The van der Waals surface area contributed by atoms with Crippen LogP contribution >= 0.6 is 0 Å². The van der Waals surface area contributed by atoms with Gasteiger partial charge in [-0.15, -0.1) is 0 Å². The van der Waals surface area contributed by atoms with Gasteiger partial charge in [0.1, 0.15) is 0 Å². The average molecular weight is 293 g/mol. The van der Waals surface area contributed by atoms with Gasteiger partial charge in [-0.1, -0.05) is 18.2 Å². The Labute approximate surface area is 131 Å². The van der Waals surface area contributed by atoms with E-state index in [2.05, 4.69) is 4.98 Å². The van der Waals surface area contributed by atoms with E-state index in [1.54, 1.807) is 35.2 Å². The summed E-state index contributed by atoms with van der Waals surface area (Å²) in [5.41, 5.74) is 0.404. The molecule has 0 N–H and O–H groups in total. The molecule has 0 aliphatic rings. The van der Waals surface area contributed by atoms with Crippen LogP contribution in [0.25, 0.3) is 27.5 Å². The molecule has 0 amide bonds.